The average Bonchev–Trinajstić information content (AvgIpc) is 2.98. The molecule has 0 amide bonds. The zero-order valence-electron chi connectivity index (χ0n) is 13.6. The van der Waals surface area contributed by atoms with Crippen LogP contribution in [0, 0.1) is 6.92 Å². The molecule has 1 saturated heterocycles. The number of nitrogens with zero attached hydrogens (tertiary/aromatic N) is 1. The predicted octanol–water partition coefficient (Wildman–Crippen LogP) is 2.89. The zero-order valence-corrected chi connectivity index (χ0v) is 15.9. The highest BCUT2D eigenvalue weighted by Gasteiger charge is 2.14. The standard InChI is InChI=1S/C17H27N3O.HI/c1-3-18-17(20-13-16-8-5-11-21-16)19-10-9-15-7-4-6-14(2)12-15;/h4,6-7,12,16H,3,5,8-11,13H2,1-2H3,(H2,18,19,20);1H. The molecular weight excluding hydrogens is 389 g/mol. The van der Waals surface area contributed by atoms with E-state index in [-0.39, 0.29) is 24.0 Å². The zero-order chi connectivity index (χ0) is 14.9. The molecule has 0 aliphatic carbocycles. The molecule has 1 aliphatic heterocycles. The van der Waals surface area contributed by atoms with Crippen molar-refractivity contribution in [3.63, 3.8) is 0 Å². The summed E-state index contributed by atoms with van der Waals surface area (Å²) < 4.78 is 5.61. The number of benzene rings is 1. The van der Waals surface area contributed by atoms with Crippen molar-refractivity contribution in [2.45, 2.75) is 39.2 Å². The van der Waals surface area contributed by atoms with Crippen molar-refractivity contribution in [3.8, 4) is 0 Å². The first-order valence-corrected chi connectivity index (χ1v) is 7.97. The summed E-state index contributed by atoms with van der Waals surface area (Å²) in [6.45, 7) is 7.62. The van der Waals surface area contributed by atoms with Gasteiger partial charge >= 0.3 is 0 Å². The van der Waals surface area contributed by atoms with E-state index in [2.05, 4.69) is 53.7 Å². The van der Waals surface area contributed by atoms with E-state index in [9.17, 15) is 0 Å². The Morgan fingerprint density at radius 3 is 2.91 bits per heavy atom. The summed E-state index contributed by atoms with van der Waals surface area (Å²) in [6, 6.07) is 8.65. The van der Waals surface area contributed by atoms with Gasteiger partial charge in [0.25, 0.3) is 0 Å². The van der Waals surface area contributed by atoms with Gasteiger partial charge in [0, 0.05) is 19.7 Å². The third kappa shape index (κ3) is 6.96. The van der Waals surface area contributed by atoms with E-state index in [1.54, 1.807) is 0 Å². The van der Waals surface area contributed by atoms with Crippen LogP contribution in [0.2, 0.25) is 0 Å². The maximum atomic E-state index is 5.61. The second kappa shape index (κ2) is 10.8. The van der Waals surface area contributed by atoms with Crippen LogP contribution in [0.25, 0.3) is 0 Å². The molecule has 0 aromatic heterocycles. The van der Waals surface area contributed by atoms with Gasteiger partial charge in [0.15, 0.2) is 5.96 Å². The van der Waals surface area contributed by atoms with E-state index < -0.39 is 0 Å². The Kier molecular flexibility index (Phi) is 9.47. The first kappa shape index (κ1) is 19.2. The van der Waals surface area contributed by atoms with E-state index in [4.69, 9.17) is 4.74 Å². The van der Waals surface area contributed by atoms with Gasteiger partial charge in [-0.1, -0.05) is 29.8 Å². The van der Waals surface area contributed by atoms with Crippen molar-refractivity contribution in [1.82, 2.24) is 10.6 Å². The first-order valence-electron chi connectivity index (χ1n) is 7.97. The van der Waals surface area contributed by atoms with E-state index in [1.165, 1.54) is 11.1 Å². The minimum absolute atomic E-state index is 0. The topological polar surface area (TPSA) is 45.7 Å². The van der Waals surface area contributed by atoms with Gasteiger partial charge in [0.1, 0.15) is 0 Å². The number of halogens is 1. The summed E-state index contributed by atoms with van der Waals surface area (Å²) in [5, 5.41) is 6.68. The molecule has 1 heterocycles. The average molecular weight is 417 g/mol. The number of guanidine groups is 1. The molecule has 1 aromatic carbocycles. The van der Waals surface area contributed by atoms with Crippen molar-refractivity contribution in [2.75, 3.05) is 26.2 Å². The van der Waals surface area contributed by atoms with Crippen molar-refractivity contribution < 1.29 is 4.74 Å². The lowest BCUT2D eigenvalue weighted by Crippen LogP contribution is -2.38. The van der Waals surface area contributed by atoms with Crippen LogP contribution in [-0.2, 0) is 11.2 Å². The van der Waals surface area contributed by atoms with Gasteiger partial charge in [0.2, 0.25) is 0 Å². The highest BCUT2D eigenvalue weighted by Crippen LogP contribution is 2.11. The molecule has 0 radical (unpaired) electrons. The second-order valence-electron chi connectivity index (χ2n) is 5.52. The summed E-state index contributed by atoms with van der Waals surface area (Å²) in [4.78, 5) is 4.61. The third-order valence-corrected chi connectivity index (χ3v) is 3.61. The van der Waals surface area contributed by atoms with Crippen LogP contribution in [0.5, 0.6) is 0 Å². The van der Waals surface area contributed by atoms with Gasteiger partial charge < -0.3 is 15.4 Å². The summed E-state index contributed by atoms with van der Waals surface area (Å²) >= 11 is 0. The maximum Gasteiger partial charge on any atom is 0.191 e. The van der Waals surface area contributed by atoms with Crippen LogP contribution in [0.4, 0.5) is 0 Å². The second-order valence-corrected chi connectivity index (χ2v) is 5.52. The molecular formula is C17H28IN3O. The van der Waals surface area contributed by atoms with Gasteiger partial charge in [-0.2, -0.15) is 0 Å². The molecule has 22 heavy (non-hydrogen) atoms. The fraction of sp³-hybridized carbons (Fsp3) is 0.588. The highest BCUT2D eigenvalue weighted by atomic mass is 127. The lowest BCUT2D eigenvalue weighted by Gasteiger charge is -2.13. The van der Waals surface area contributed by atoms with Crippen molar-refractivity contribution in [1.29, 1.82) is 0 Å². The third-order valence-electron chi connectivity index (χ3n) is 3.61. The molecule has 0 bridgehead atoms. The Bertz CT molecular complexity index is 459. The fourth-order valence-corrected chi connectivity index (χ4v) is 2.52. The Morgan fingerprint density at radius 2 is 2.23 bits per heavy atom. The Balaban J connectivity index is 0.00000242. The van der Waals surface area contributed by atoms with Gasteiger partial charge in [-0.25, -0.2) is 0 Å². The monoisotopic (exact) mass is 417 g/mol. The number of rotatable bonds is 6. The normalized spacial score (nSPS) is 17.9. The first-order chi connectivity index (χ1) is 10.3. The lowest BCUT2D eigenvalue weighted by molar-refractivity contribution is 0.117. The summed E-state index contributed by atoms with van der Waals surface area (Å²) in [6.07, 6.45) is 3.60. The van der Waals surface area contributed by atoms with Crippen LogP contribution in [0.1, 0.15) is 30.9 Å². The molecule has 0 spiro atoms. The number of nitrogens with one attached hydrogen (secondary N) is 2. The van der Waals surface area contributed by atoms with Crippen LogP contribution in [0.3, 0.4) is 0 Å². The highest BCUT2D eigenvalue weighted by molar-refractivity contribution is 14.0. The predicted molar refractivity (Wildman–Crippen MR) is 103 cm³/mol. The molecule has 5 heteroatoms. The van der Waals surface area contributed by atoms with E-state index in [0.717, 1.165) is 51.5 Å². The minimum atomic E-state index is 0. The van der Waals surface area contributed by atoms with Crippen LogP contribution >= 0.6 is 24.0 Å². The molecule has 124 valence electrons. The molecule has 4 nitrogen and oxygen atoms in total. The molecule has 0 saturated carbocycles. The largest absolute Gasteiger partial charge is 0.376 e. The van der Waals surface area contributed by atoms with Crippen LogP contribution < -0.4 is 10.6 Å². The Hall–Kier alpha value is -0.820. The number of aryl methyl sites for hydroxylation is 1. The lowest BCUT2D eigenvalue weighted by atomic mass is 10.1. The van der Waals surface area contributed by atoms with Gasteiger partial charge in [0.05, 0.1) is 12.6 Å². The van der Waals surface area contributed by atoms with Crippen molar-refractivity contribution >= 4 is 29.9 Å². The molecule has 1 aliphatic rings. The summed E-state index contributed by atoms with van der Waals surface area (Å²) in [7, 11) is 0. The fourth-order valence-electron chi connectivity index (χ4n) is 2.52. The molecule has 1 aromatic rings. The SMILES string of the molecule is CCNC(=NCC1CCCO1)NCCc1cccc(C)c1.I. The Labute approximate surface area is 151 Å². The molecule has 1 atom stereocenters. The number of hydrogen-bond acceptors (Lipinski definition) is 2. The Morgan fingerprint density at radius 1 is 1.36 bits per heavy atom. The molecule has 1 unspecified atom stereocenters. The smallest absolute Gasteiger partial charge is 0.191 e. The van der Waals surface area contributed by atoms with Crippen LogP contribution in [-0.4, -0.2) is 38.3 Å². The number of aliphatic imine (C=N–C) groups is 1. The molecule has 2 rings (SSSR count). The van der Waals surface area contributed by atoms with Crippen molar-refractivity contribution in [3.05, 3.63) is 35.4 Å². The van der Waals surface area contributed by atoms with Crippen molar-refractivity contribution in [2.24, 2.45) is 4.99 Å². The van der Waals surface area contributed by atoms with E-state index >= 15 is 0 Å². The number of ether oxygens (including phenoxy) is 1. The van der Waals surface area contributed by atoms with Crippen LogP contribution in [0.15, 0.2) is 29.3 Å². The number of hydrogen-bond donors (Lipinski definition) is 2. The van der Waals surface area contributed by atoms with E-state index in [0.29, 0.717) is 6.10 Å². The summed E-state index contributed by atoms with van der Waals surface area (Å²) in [5.74, 6) is 0.889. The summed E-state index contributed by atoms with van der Waals surface area (Å²) in [5.41, 5.74) is 2.67. The van der Waals surface area contributed by atoms with E-state index in [1.807, 2.05) is 0 Å². The van der Waals surface area contributed by atoms with Gasteiger partial charge in [-0.3, -0.25) is 4.99 Å². The maximum absolute atomic E-state index is 5.61. The van der Waals surface area contributed by atoms with Gasteiger partial charge in [-0.05, 0) is 38.7 Å². The van der Waals surface area contributed by atoms with Gasteiger partial charge in [-0.15, -0.1) is 24.0 Å². The molecule has 2 N–H and O–H groups in total. The molecule has 1 fully saturated rings. The quantitative estimate of drug-likeness (QED) is 0.425. The minimum Gasteiger partial charge on any atom is -0.376 e.